The molecule has 0 fully saturated rings. The van der Waals surface area contributed by atoms with E-state index < -0.39 is 17.2 Å². The van der Waals surface area contributed by atoms with Crippen LogP contribution in [-0.4, -0.2) is 19.5 Å². The summed E-state index contributed by atoms with van der Waals surface area (Å²) in [6, 6.07) is 6.37. The molecule has 0 aliphatic heterocycles. The molecule has 186 valence electrons. The predicted molar refractivity (Wildman–Crippen MR) is 135 cm³/mol. The standard InChI is InChI=1S/C26H22Cl2F2N4O2/c1-13(2)25-32-10-14(3)24(33-25)20-9-21(18(27)11-31-20)34-15(4)7-22(23(28)26(34)35)36-12-16-5-6-17(29)8-19(16)30/h5-11,13H,12H2,1-4H3. The number of halogens is 4. The Morgan fingerprint density at radius 3 is 2.50 bits per heavy atom. The van der Waals surface area contributed by atoms with Crippen LogP contribution in [0.3, 0.4) is 0 Å². The van der Waals surface area contributed by atoms with Crippen molar-refractivity contribution in [2.45, 2.75) is 40.2 Å². The number of hydrogen-bond acceptors (Lipinski definition) is 5. The average Bonchev–Trinajstić information content (AvgIpc) is 2.83. The second-order valence-corrected chi connectivity index (χ2v) is 9.35. The van der Waals surface area contributed by atoms with Gasteiger partial charge in [0, 0.05) is 41.7 Å². The third kappa shape index (κ3) is 5.10. The molecule has 0 radical (unpaired) electrons. The Hall–Kier alpha value is -3.36. The number of benzene rings is 1. The molecule has 10 heteroatoms. The van der Waals surface area contributed by atoms with E-state index in [9.17, 15) is 13.6 Å². The Morgan fingerprint density at radius 1 is 1.06 bits per heavy atom. The van der Waals surface area contributed by atoms with E-state index in [1.807, 2.05) is 20.8 Å². The van der Waals surface area contributed by atoms with Gasteiger partial charge in [-0.1, -0.05) is 37.0 Å². The van der Waals surface area contributed by atoms with Gasteiger partial charge in [0.05, 0.1) is 22.1 Å². The third-order valence-electron chi connectivity index (χ3n) is 5.52. The lowest BCUT2D eigenvalue weighted by Gasteiger charge is -2.16. The molecular weight excluding hydrogens is 509 g/mol. The predicted octanol–water partition coefficient (Wildman–Crippen LogP) is 6.59. The zero-order valence-electron chi connectivity index (χ0n) is 19.9. The maximum Gasteiger partial charge on any atom is 0.277 e. The summed E-state index contributed by atoms with van der Waals surface area (Å²) in [6.07, 6.45) is 3.18. The summed E-state index contributed by atoms with van der Waals surface area (Å²) < 4.78 is 34.1. The lowest BCUT2D eigenvalue weighted by molar-refractivity contribution is 0.298. The summed E-state index contributed by atoms with van der Waals surface area (Å²) in [4.78, 5) is 26.7. The molecular formula is C26H22Cl2F2N4O2. The fraction of sp³-hybridized carbons (Fsp3) is 0.231. The lowest BCUT2D eigenvalue weighted by Crippen LogP contribution is -2.22. The second kappa shape index (κ2) is 10.3. The minimum atomic E-state index is -0.757. The number of aryl methyl sites for hydroxylation is 2. The summed E-state index contributed by atoms with van der Waals surface area (Å²) in [5.74, 6) is -0.593. The van der Waals surface area contributed by atoms with Gasteiger partial charge >= 0.3 is 0 Å². The molecule has 0 saturated carbocycles. The van der Waals surface area contributed by atoms with E-state index in [0.29, 0.717) is 28.6 Å². The van der Waals surface area contributed by atoms with Crippen LogP contribution in [0.2, 0.25) is 10.0 Å². The highest BCUT2D eigenvalue weighted by Gasteiger charge is 2.19. The molecule has 0 bridgehead atoms. The SMILES string of the molecule is Cc1cnc(C(C)C)nc1-c1cc(-n2c(C)cc(OCc3ccc(F)cc3F)c(Cl)c2=O)c(Cl)cn1. The summed E-state index contributed by atoms with van der Waals surface area (Å²) in [6.45, 7) is 7.31. The van der Waals surface area contributed by atoms with Gasteiger partial charge in [-0.3, -0.25) is 14.3 Å². The van der Waals surface area contributed by atoms with Crippen molar-refractivity contribution >= 4 is 23.2 Å². The molecule has 0 unspecified atom stereocenters. The molecule has 6 nitrogen and oxygen atoms in total. The molecule has 0 N–H and O–H groups in total. The fourth-order valence-corrected chi connectivity index (χ4v) is 3.98. The van der Waals surface area contributed by atoms with E-state index in [-0.39, 0.29) is 33.9 Å². The highest BCUT2D eigenvalue weighted by atomic mass is 35.5. The van der Waals surface area contributed by atoms with Crippen molar-refractivity contribution < 1.29 is 13.5 Å². The molecule has 3 aromatic heterocycles. The second-order valence-electron chi connectivity index (χ2n) is 8.56. The molecule has 0 aliphatic rings. The van der Waals surface area contributed by atoms with Crippen molar-refractivity contribution in [3.05, 3.63) is 97.4 Å². The summed E-state index contributed by atoms with van der Waals surface area (Å²) in [5.41, 5.74) is 2.35. The highest BCUT2D eigenvalue weighted by molar-refractivity contribution is 6.33. The van der Waals surface area contributed by atoms with Gasteiger partial charge in [0.2, 0.25) is 0 Å². The number of ether oxygens (including phenoxy) is 1. The van der Waals surface area contributed by atoms with Gasteiger partial charge in [-0.05, 0) is 37.6 Å². The van der Waals surface area contributed by atoms with E-state index in [1.54, 1.807) is 25.3 Å². The van der Waals surface area contributed by atoms with E-state index in [0.717, 1.165) is 17.7 Å². The van der Waals surface area contributed by atoms with Crippen LogP contribution in [-0.2, 0) is 6.61 Å². The molecule has 0 aliphatic carbocycles. The van der Waals surface area contributed by atoms with Crippen molar-refractivity contribution in [2.75, 3.05) is 0 Å². The Morgan fingerprint density at radius 2 is 1.81 bits per heavy atom. The van der Waals surface area contributed by atoms with Crippen LogP contribution in [0.5, 0.6) is 5.75 Å². The van der Waals surface area contributed by atoms with E-state index in [1.165, 1.54) is 16.8 Å². The Balaban J connectivity index is 1.74. The molecule has 4 rings (SSSR count). The van der Waals surface area contributed by atoms with Crippen LogP contribution in [0.15, 0.2) is 47.5 Å². The largest absolute Gasteiger partial charge is 0.487 e. The quantitative estimate of drug-likeness (QED) is 0.281. The first-order valence-electron chi connectivity index (χ1n) is 11.1. The van der Waals surface area contributed by atoms with Gasteiger partial charge in [0.25, 0.3) is 5.56 Å². The number of nitrogens with zero attached hydrogens (tertiary/aromatic N) is 4. The first-order valence-corrected chi connectivity index (χ1v) is 11.8. The van der Waals surface area contributed by atoms with E-state index in [4.69, 9.17) is 27.9 Å². The van der Waals surface area contributed by atoms with Crippen molar-refractivity contribution in [1.29, 1.82) is 0 Å². The maximum atomic E-state index is 14.0. The molecule has 0 atom stereocenters. The van der Waals surface area contributed by atoms with Gasteiger partial charge in [-0.15, -0.1) is 0 Å². The smallest absolute Gasteiger partial charge is 0.277 e. The van der Waals surface area contributed by atoms with Gasteiger partial charge in [-0.25, -0.2) is 18.7 Å². The van der Waals surface area contributed by atoms with Crippen molar-refractivity contribution in [2.24, 2.45) is 0 Å². The highest BCUT2D eigenvalue weighted by Crippen LogP contribution is 2.30. The van der Waals surface area contributed by atoms with Crippen LogP contribution < -0.4 is 10.3 Å². The Kier molecular flexibility index (Phi) is 7.38. The van der Waals surface area contributed by atoms with Crippen LogP contribution >= 0.6 is 23.2 Å². The summed E-state index contributed by atoms with van der Waals surface area (Å²) >= 11 is 12.8. The molecule has 4 aromatic rings. The summed E-state index contributed by atoms with van der Waals surface area (Å²) in [7, 11) is 0. The van der Waals surface area contributed by atoms with Gasteiger partial charge in [0.15, 0.2) is 0 Å². The Bertz CT molecular complexity index is 1520. The van der Waals surface area contributed by atoms with Crippen LogP contribution in [0.4, 0.5) is 8.78 Å². The Labute approximate surface area is 216 Å². The number of aromatic nitrogens is 4. The van der Waals surface area contributed by atoms with E-state index in [2.05, 4.69) is 15.0 Å². The van der Waals surface area contributed by atoms with Crippen molar-refractivity contribution in [3.8, 4) is 22.8 Å². The molecule has 0 spiro atoms. The van der Waals surface area contributed by atoms with Crippen LogP contribution in [0, 0.1) is 25.5 Å². The van der Waals surface area contributed by atoms with Crippen LogP contribution in [0.25, 0.3) is 17.1 Å². The number of hydrogen-bond donors (Lipinski definition) is 0. The first-order chi connectivity index (χ1) is 17.1. The van der Waals surface area contributed by atoms with Gasteiger partial charge < -0.3 is 4.74 Å². The van der Waals surface area contributed by atoms with Crippen molar-refractivity contribution in [3.63, 3.8) is 0 Å². The number of rotatable bonds is 6. The number of pyridine rings is 2. The van der Waals surface area contributed by atoms with Crippen molar-refractivity contribution in [1.82, 2.24) is 19.5 Å². The monoisotopic (exact) mass is 530 g/mol. The first kappa shape index (κ1) is 25.7. The zero-order valence-corrected chi connectivity index (χ0v) is 21.5. The van der Waals surface area contributed by atoms with Crippen LogP contribution in [0.1, 0.15) is 42.4 Å². The fourth-order valence-electron chi connectivity index (χ4n) is 3.60. The normalized spacial score (nSPS) is 11.2. The minimum Gasteiger partial charge on any atom is -0.487 e. The lowest BCUT2D eigenvalue weighted by atomic mass is 10.1. The van der Waals surface area contributed by atoms with Gasteiger partial charge in [0.1, 0.15) is 34.8 Å². The summed E-state index contributed by atoms with van der Waals surface area (Å²) in [5, 5.41) is 0.0238. The molecule has 36 heavy (non-hydrogen) atoms. The topological polar surface area (TPSA) is 69.9 Å². The van der Waals surface area contributed by atoms with E-state index >= 15 is 0 Å². The minimum absolute atomic E-state index is 0.0674. The molecule has 0 amide bonds. The molecule has 0 saturated heterocycles. The third-order valence-corrected chi connectivity index (χ3v) is 6.16. The molecule has 3 heterocycles. The molecule has 1 aromatic carbocycles. The van der Waals surface area contributed by atoms with Gasteiger partial charge in [-0.2, -0.15) is 0 Å². The zero-order chi connectivity index (χ0) is 26.1. The maximum absolute atomic E-state index is 14.0. The average molecular weight is 531 g/mol.